The molecular formula is C23H32FN. The van der Waals surface area contributed by atoms with E-state index >= 15 is 0 Å². The Hall–Kier alpha value is -1.44. The molecule has 1 aromatic carbocycles. The minimum absolute atomic E-state index is 0.107. The molecule has 0 radical (unpaired) electrons. The monoisotopic (exact) mass is 341 g/mol. The van der Waals surface area contributed by atoms with Gasteiger partial charge in [-0.25, -0.2) is 4.39 Å². The Labute approximate surface area is 152 Å². The van der Waals surface area contributed by atoms with Crippen LogP contribution in [0.25, 0.3) is 5.57 Å². The minimum Gasteiger partial charge on any atom is -0.285 e. The van der Waals surface area contributed by atoms with Crippen LogP contribution in [0.15, 0.2) is 28.8 Å². The molecule has 1 nitrogen and oxygen atoms in total. The first kappa shape index (κ1) is 18.4. The molecule has 1 saturated carbocycles. The number of hydrogen-bond acceptors (Lipinski definition) is 1. The number of rotatable bonds is 6. The molecule has 136 valence electrons. The SMILES string of the molecule is CCC1=NCC(c2cc(CC)ccc2F)=C1CCC1C(C)(C)C1(C)C. The summed E-state index contributed by atoms with van der Waals surface area (Å²) < 4.78 is 14.5. The molecule has 1 aliphatic heterocycles. The lowest BCUT2D eigenvalue weighted by Gasteiger charge is -2.12. The van der Waals surface area contributed by atoms with Gasteiger partial charge in [-0.2, -0.15) is 0 Å². The summed E-state index contributed by atoms with van der Waals surface area (Å²) in [5, 5.41) is 0. The number of nitrogens with zero attached hydrogens (tertiary/aromatic N) is 1. The van der Waals surface area contributed by atoms with Gasteiger partial charge in [-0.1, -0.05) is 47.6 Å². The molecule has 2 heteroatoms. The molecule has 0 spiro atoms. The lowest BCUT2D eigenvalue weighted by atomic mass is 9.91. The highest BCUT2D eigenvalue weighted by Gasteiger charge is 2.63. The fourth-order valence-corrected chi connectivity index (χ4v) is 4.77. The topological polar surface area (TPSA) is 12.4 Å². The summed E-state index contributed by atoms with van der Waals surface area (Å²) in [6, 6.07) is 5.55. The van der Waals surface area contributed by atoms with Crippen molar-refractivity contribution in [3.63, 3.8) is 0 Å². The summed E-state index contributed by atoms with van der Waals surface area (Å²) in [6.07, 6.45) is 4.06. The third-order valence-corrected chi connectivity index (χ3v) is 7.24. The molecule has 0 aromatic heterocycles. The highest BCUT2D eigenvalue weighted by molar-refractivity contribution is 6.09. The summed E-state index contributed by atoms with van der Waals surface area (Å²) in [4.78, 5) is 4.74. The summed E-state index contributed by atoms with van der Waals surface area (Å²) in [6.45, 7) is 14.4. The first-order valence-corrected chi connectivity index (χ1v) is 9.78. The molecule has 1 heterocycles. The predicted molar refractivity (Wildman–Crippen MR) is 106 cm³/mol. The van der Waals surface area contributed by atoms with Gasteiger partial charge in [-0.3, -0.25) is 4.99 Å². The Morgan fingerprint density at radius 3 is 2.32 bits per heavy atom. The largest absolute Gasteiger partial charge is 0.285 e. The van der Waals surface area contributed by atoms with Crippen LogP contribution in [0.3, 0.4) is 0 Å². The van der Waals surface area contributed by atoms with Crippen molar-refractivity contribution in [3.05, 3.63) is 40.7 Å². The first-order valence-electron chi connectivity index (χ1n) is 9.78. The van der Waals surface area contributed by atoms with Crippen LogP contribution in [-0.2, 0) is 6.42 Å². The van der Waals surface area contributed by atoms with Crippen LogP contribution in [-0.4, -0.2) is 12.3 Å². The average molecular weight is 342 g/mol. The molecule has 1 aromatic rings. The zero-order chi connectivity index (χ0) is 18.4. The molecular weight excluding hydrogens is 309 g/mol. The number of benzene rings is 1. The molecule has 25 heavy (non-hydrogen) atoms. The second-order valence-electron chi connectivity index (χ2n) is 8.78. The van der Waals surface area contributed by atoms with E-state index in [9.17, 15) is 4.39 Å². The third-order valence-electron chi connectivity index (χ3n) is 7.24. The molecule has 0 amide bonds. The van der Waals surface area contributed by atoms with E-state index in [-0.39, 0.29) is 5.82 Å². The van der Waals surface area contributed by atoms with Gasteiger partial charge >= 0.3 is 0 Å². The van der Waals surface area contributed by atoms with Gasteiger partial charge < -0.3 is 0 Å². The van der Waals surface area contributed by atoms with Crippen LogP contribution >= 0.6 is 0 Å². The fourth-order valence-electron chi connectivity index (χ4n) is 4.77. The van der Waals surface area contributed by atoms with Crippen LogP contribution in [0.4, 0.5) is 4.39 Å². The maximum absolute atomic E-state index is 14.5. The second kappa shape index (κ2) is 6.37. The van der Waals surface area contributed by atoms with Gasteiger partial charge in [0, 0.05) is 11.3 Å². The van der Waals surface area contributed by atoms with Gasteiger partial charge in [0.05, 0.1) is 6.54 Å². The highest BCUT2D eigenvalue weighted by Crippen LogP contribution is 2.70. The zero-order valence-electron chi connectivity index (χ0n) is 16.7. The van der Waals surface area contributed by atoms with Crippen LogP contribution in [0.1, 0.15) is 71.9 Å². The van der Waals surface area contributed by atoms with Gasteiger partial charge in [-0.15, -0.1) is 0 Å². The van der Waals surface area contributed by atoms with Crippen molar-refractivity contribution >= 4 is 11.3 Å². The van der Waals surface area contributed by atoms with Crippen molar-refractivity contribution in [2.24, 2.45) is 21.7 Å². The number of halogens is 1. The van der Waals surface area contributed by atoms with Crippen LogP contribution in [0, 0.1) is 22.6 Å². The van der Waals surface area contributed by atoms with Crippen LogP contribution < -0.4 is 0 Å². The minimum atomic E-state index is -0.107. The Kier molecular flexibility index (Phi) is 4.68. The summed E-state index contributed by atoms with van der Waals surface area (Å²) in [5.74, 6) is 0.628. The van der Waals surface area contributed by atoms with Gasteiger partial charge in [0.15, 0.2) is 0 Å². The molecule has 1 aliphatic carbocycles. The van der Waals surface area contributed by atoms with Crippen molar-refractivity contribution in [1.29, 1.82) is 0 Å². The summed E-state index contributed by atoms with van der Waals surface area (Å²) >= 11 is 0. The number of aryl methyl sites for hydroxylation is 1. The maximum Gasteiger partial charge on any atom is 0.130 e. The van der Waals surface area contributed by atoms with Crippen molar-refractivity contribution in [2.75, 3.05) is 6.54 Å². The van der Waals surface area contributed by atoms with E-state index in [2.05, 4.69) is 41.5 Å². The van der Waals surface area contributed by atoms with E-state index in [1.165, 1.54) is 23.3 Å². The number of aliphatic imine (C=N–C) groups is 1. The van der Waals surface area contributed by atoms with Crippen molar-refractivity contribution < 1.29 is 4.39 Å². The predicted octanol–water partition coefficient (Wildman–Crippen LogP) is 6.47. The molecule has 2 aliphatic rings. The summed E-state index contributed by atoms with van der Waals surface area (Å²) in [5.41, 5.74) is 6.40. The first-order chi connectivity index (χ1) is 11.7. The maximum atomic E-state index is 14.5. The fraction of sp³-hybridized carbons (Fsp3) is 0.609. The molecule has 0 bridgehead atoms. The van der Waals surface area contributed by atoms with E-state index in [1.807, 2.05) is 12.1 Å². The van der Waals surface area contributed by atoms with E-state index in [4.69, 9.17) is 4.99 Å². The normalized spacial score (nSPS) is 21.6. The number of hydrogen-bond donors (Lipinski definition) is 0. The van der Waals surface area contributed by atoms with Crippen LogP contribution in [0.5, 0.6) is 0 Å². The third kappa shape index (κ3) is 2.98. The van der Waals surface area contributed by atoms with Crippen molar-refractivity contribution in [3.8, 4) is 0 Å². The van der Waals surface area contributed by atoms with Gasteiger partial charge in [0.2, 0.25) is 0 Å². The van der Waals surface area contributed by atoms with Crippen molar-refractivity contribution in [1.82, 2.24) is 0 Å². The Balaban J connectivity index is 1.89. The Bertz CT molecular complexity index is 722. The molecule has 3 rings (SSSR count). The smallest absolute Gasteiger partial charge is 0.130 e. The van der Waals surface area contributed by atoms with Crippen LogP contribution in [0.2, 0.25) is 0 Å². The second-order valence-corrected chi connectivity index (χ2v) is 8.78. The standard InChI is InChI=1S/C23H32FN/c1-7-15-9-11-19(24)17(13-15)18-14-25-20(8-2)16(18)10-12-21-22(3,4)23(21,5)6/h9,11,13,21H,7-8,10,12,14H2,1-6H3. The zero-order valence-corrected chi connectivity index (χ0v) is 16.7. The molecule has 1 fully saturated rings. The number of allylic oxidation sites excluding steroid dienone is 1. The van der Waals surface area contributed by atoms with E-state index in [0.717, 1.165) is 36.3 Å². The lowest BCUT2D eigenvalue weighted by Crippen LogP contribution is -2.03. The molecule has 0 saturated heterocycles. The quantitative estimate of drug-likeness (QED) is 0.562. The average Bonchev–Trinajstić information content (AvgIpc) is 2.88. The molecule has 0 atom stereocenters. The van der Waals surface area contributed by atoms with Crippen molar-refractivity contribution in [2.45, 2.75) is 67.2 Å². The Morgan fingerprint density at radius 2 is 1.76 bits per heavy atom. The summed E-state index contributed by atoms with van der Waals surface area (Å²) in [7, 11) is 0. The highest BCUT2D eigenvalue weighted by atomic mass is 19.1. The van der Waals surface area contributed by atoms with Gasteiger partial charge in [0.25, 0.3) is 0 Å². The van der Waals surface area contributed by atoms with Gasteiger partial charge in [0.1, 0.15) is 5.82 Å². The van der Waals surface area contributed by atoms with E-state index in [0.29, 0.717) is 17.4 Å². The Morgan fingerprint density at radius 1 is 1.08 bits per heavy atom. The molecule has 0 unspecified atom stereocenters. The van der Waals surface area contributed by atoms with E-state index in [1.54, 1.807) is 6.07 Å². The molecule has 0 N–H and O–H groups in total. The van der Waals surface area contributed by atoms with E-state index < -0.39 is 0 Å². The van der Waals surface area contributed by atoms with Gasteiger partial charge in [-0.05, 0) is 71.3 Å². The lowest BCUT2D eigenvalue weighted by molar-refractivity contribution is 0.457.